The number of carbonyl (C=O) groups excluding carboxylic acids is 1. The lowest BCUT2D eigenvalue weighted by molar-refractivity contribution is 0.0510. The number of nitrogens with two attached hydrogens (primary N) is 1. The molecular formula is C18H26N2O3. The van der Waals surface area contributed by atoms with E-state index in [2.05, 4.69) is 13.8 Å². The first-order chi connectivity index (χ1) is 11.0. The SMILES string of the molecule is CCOC(=O)c1c(O)c2ccccc2n1CCC(N)(CC)CC. The first kappa shape index (κ1) is 17.3. The Kier molecular flexibility index (Phi) is 5.31. The number of hydrogen-bond acceptors (Lipinski definition) is 4. The van der Waals surface area contributed by atoms with Crippen LogP contribution in [-0.2, 0) is 11.3 Å². The van der Waals surface area contributed by atoms with Crippen LogP contribution in [0.4, 0.5) is 0 Å². The van der Waals surface area contributed by atoms with Gasteiger partial charge in [-0.2, -0.15) is 0 Å². The maximum atomic E-state index is 12.3. The Morgan fingerprint density at radius 1 is 1.26 bits per heavy atom. The van der Waals surface area contributed by atoms with E-state index in [0.717, 1.165) is 24.8 Å². The molecule has 2 aromatic rings. The van der Waals surface area contributed by atoms with Crippen LogP contribution in [0.2, 0.25) is 0 Å². The molecule has 126 valence electrons. The lowest BCUT2D eigenvalue weighted by atomic mass is 9.90. The third-order valence-electron chi connectivity index (χ3n) is 4.65. The summed E-state index contributed by atoms with van der Waals surface area (Å²) in [5, 5.41) is 11.1. The van der Waals surface area contributed by atoms with Crippen molar-refractivity contribution in [1.29, 1.82) is 0 Å². The summed E-state index contributed by atoms with van der Waals surface area (Å²) in [6, 6.07) is 7.43. The summed E-state index contributed by atoms with van der Waals surface area (Å²) in [7, 11) is 0. The van der Waals surface area contributed by atoms with E-state index in [4.69, 9.17) is 10.5 Å². The van der Waals surface area contributed by atoms with Gasteiger partial charge in [-0.15, -0.1) is 0 Å². The van der Waals surface area contributed by atoms with Gasteiger partial charge in [0.2, 0.25) is 0 Å². The Bertz CT molecular complexity index is 687. The van der Waals surface area contributed by atoms with Crippen LogP contribution in [0.3, 0.4) is 0 Å². The summed E-state index contributed by atoms with van der Waals surface area (Å²) in [5.41, 5.74) is 7.15. The van der Waals surface area contributed by atoms with E-state index in [1.165, 1.54) is 0 Å². The first-order valence-electron chi connectivity index (χ1n) is 8.23. The molecule has 0 amide bonds. The molecular weight excluding hydrogens is 292 g/mol. The summed E-state index contributed by atoms with van der Waals surface area (Å²) in [6.45, 7) is 6.72. The van der Waals surface area contributed by atoms with Gasteiger partial charge < -0.3 is 20.1 Å². The molecule has 0 bridgehead atoms. The van der Waals surface area contributed by atoms with Gasteiger partial charge >= 0.3 is 5.97 Å². The zero-order valence-electron chi connectivity index (χ0n) is 14.1. The van der Waals surface area contributed by atoms with Crippen LogP contribution in [-0.4, -0.2) is 27.8 Å². The van der Waals surface area contributed by atoms with Crippen molar-refractivity contribution in [2.24, 2.45) is 5.73 Å². The number of rotatable bonds is 7. The quantitative estimate of drug-likeness (QED) is 0.767. The van der Waals surface area contributed by atoms with E-state index in [-0.39, 0.29) is 23.6 Å². The maximum Gasteiger partial charge on any atom is 0.358 e. The molecule has 0 saturated heterocycles. The van der Waals surface area contributed by atoms with Crippen LogP contribution in [0.15, 0.2) is 24.3 Å². The van der Waals surface area contributed by atoms with Gasteiger partial charge in [-0.25, -0.2) is 4.79 Å². The molecule has 0 aliphatic carbocycles. The average molecular weight is 318 g/mol. The van der Waals surface area contributed by atoms with Crippen molar-refractivity contribution >= 4 is 16.9 Å². The molecule has 0 aliphatic rings. The number of para-hydroxylation sites is 1. The fourth-order valence-electron chi connectivity index (χ4n) is 2.86. The number of benzene rings is 1. The number of ether oxygens (including phenoxy) is 1. The second kappa shape index (κ2) is 7.04. The van der Waals surface area contributed by atoms with Gasteiger partial charge in [-0.3, -0.25) is 0 Å². The van der Waals surface area contributed by atoms with Gasteiger partial charge in [-0.05, 0) is 38.3 Å². The molecule has 0 atom stereocenters. The minimum atomic E-state index is -0.503. The predicted molar refractivity (Wildman–Crippen MR) is 91.7 cm³/mol. The normalized spacial score (nSPS) is 11.8. The Hall–Kier alpha value is -2.01. The number of aryl methyl sites for hydroxylation is 1. The van der Waals surface area contributed by atoms with Gasteiger partial charge in [0.15, 0.2) is 11.4 Å². The van der Waals surface area contributed by atoms with Gasteiger partial charge in [0.25, 0.3) is 0 Å². The number of aromatic hydroxyl groups is 1. The monoisotopic (exact) mass is 318 g/mol. The fourth-order valence-corrected chi connectivity index (χ4v) is 2.86. The summed E-state index contributed by atoms with van der Waals surface area (Å²) >= 11 is 0. The van der Waals surface area contributed by atoms with Crippen molar-refractivity contribution in [1.82, 2.24) is 4.57 Å². The lowest BCUT2D eigenvalue weighted by Crippen LogP contribution is -2.39. The molecule has 3 N–H and O–H groups in total. The van der Waals surface area contributed by atoms with Crippen molar-refractivity contribution in [3.05, 3.63) is 30.0 Å². The van der Waals surface area contributed by atoms with E-state index < -0.39 is 5.97 Å². The topological polar surface area (TPSA) is 77.5 Å². The van der Waals surface area contributed by atoms with E-state index in [0.29, 0.717) is 11.9 Å². The van der Waals surface area contributed by atoms with Crippen molar-refractivity contribution in [2.75, 3.05) is 6.61 Å². The van der Waals surface area contributed by atoms with E-state index in [9.17, 15) is 9.90 Å². The largest absolute Gasteiger partial charge is 0.505 e. The highest BCUT2D eigenvalue weighted by Crippen LogP contribution is 2.33. The third kappa shape index (κ3) is 3.34. The third-order valence-corrected chi connectivity index (χ3v) is 4.65. The Labute approximate surface area is 137 Å². The molecule has 0 radical (unpaired) electrons. The number of nitrogens with zero attached hydrogens (tertiary/aromatic N) is 1. The van der Waals surface area contributed by atoms with E-state index in [1.807, 2.05) is 22.8 Å². The molecule has 2 rings (SSSR count). The number of fused-ring (bicyclic) bond motifs is 1. The highest BCUT2D eigenvalue weighted by atomic mass is 16.5. The number of carbonyl (C=O) groups is 1. The zero-order chi connectivity index (χ0) is 17.0. The number of hydrogen-bond donors (Lipinski definition) is 2. The minimum Gasteiger partial charge on any atom is -0.505 e. The smallest absolute Gasteiger partial charge is 0.358 e. The highest BCUT2D eigenvalue weighted by molar-refractivity contribution is 6.01. The second-order valence-electron chi connectivity index (χ2n) is 5.91. The Morgan fingerprint density at radius 2 is 1.91 bits per heavy atom. The summed E-state index contributed by atoms with van der Waals surface area (Å²) in [4.78, 5) is 12.3. The molecule has 1 aromatic carbocycles. The molecule has 23 heavy (non-hydrogen) atoms. The number of esters is 1. The van der Waals surface area contributed by atoms with Gasteiger partial charge in [0.05, 0.1) is 12.1 Å². The molecule has 0 spiro atoms. The second-order valence-corrected chi connectivity index (χ2v) is 5.91. The van der Waals surface area contributed by atoms with E-state index in [1.54, 1.807) is 13.0 Å². The predicted octanol–water partition coefficient (Wildman–Crippen LogP) is 3.43. The Balaban J connectivity index is 2.47. The molecule has 0 unspecified atom stereocenters. The van der Waals surface area contributed by atoms with Crippen LogP contribution in [0.1, 0.15) is 50.5 Å². The molecule has 0 fully saturated rings. The summed E-state index contributed by atoms with van der Waals surface area (Å²) < 4.78 is 6.94. The van der Waals surface area contributed by atoms with Gasteiger partial charge in [0.1, 0.15) is 0 Å². The van der Waals surface area contributed by atoms with Gasteiger partial charge in [0, 0.05) is 17.5 Å². The zero-order valence-corrected chi connectivity index (χ0v) is 14.1. The van der Waals surface area contributed by atoms with Crippen LogP contribution < -0.4 is 5.73 Å². The van der Waals surface area contributed by atoms with Crippen LogP contribution in [0.5, 0.6) is 5.75 Å². The Morgan fingerprint density at radius 3 is 2.52 bits per heavy atom. The first-order valence-corrected chi connectivity index (χ1v) is 8.23. The summed E-state index contributed by atoms with van der Waals surface area (Å²) in [5.74, 6) is -0.522. The lowest BCUT2D eigenvalue weighted by Gasteiger charge is -2.27. The minimum absolute atomic E-state index is 0.0188. The van der Waals surface area contributed by atoms with Crippen molar-refractivity contribution in [2.45, 2.75) is 52.1 Å². The molecule has 0 saturated carbocycles. The van der Waals surface area contributed by atoms with Crippen molar-refractivity contribution in [3.8, 4) is 5.75 Å². The maximum absolute atomic E-state index is 12.3. The molecule has 1 heterocycles. The molecule has 0 aliphatic heterocycles. The molecule has 5 nitrogen and oxygen atoms in total. The highest BCUT2D eigenvalue weighted by Gasteiger charge is 2.26. The summed E-state index contributed by atoms with van der Waals surface area (Å²) in [6.07, 6.45) is 2.46. The average Bonchev–Trinajstić information content (AvgIpc) is 2.85. The number of aromatic nitrogens is 1. The van der Waals surface area contributed by atoms with E-state index >= 15 is 0 Å². The van der Waals surface area contributed by atoms with Crippen molar-refractivity contribution < 1.29 is 14.6 Å². The van der Waals surface area contributed by atoms with Crippen LogP contribution in [0, 0.1) is 0 Å². The van der Waals surface area contributed by atoms with Gasteiger partial charge in [-0.1, -0.05) is 26.0 Å². The van der Waals surface area contributed by atoms with Crippen LogP contribution >= 0.6 is 0 Å². The standard InChI is InChI=1S/C18H26N2O3/c1-4-18(19,5-2)11-12-20-14-10-8-7-9-13(14)16(21)15(20)17(22)23-6-3/h7-10,21H,4-6,11-12,19H2,1-3H3. The van der Waals surface area contributed by atoms with Crippen molar-refractivity contribution in [3.63, 3.8) is 0 Å². The molecule has 5 heteroatoms. The van der Waals surface area contributed by atoms with Crippen LogP contribution in [0.25, 0.3) is 10.9 Å². The molecule has 1 aromatic heterocycles. The fraction of sp³-hybridized carbons (Fsp3) is 0.500.